The van der Waals surface area contributed by atoms with Crippen LogP contribution in [0, 0.1) is 13.8 Å². The topological polar surface area (TPSA) is 47.0 Å². The quantitative estimate of drug-likeness (QED) is 0.692. The number of nitrogens with one attached hydrogen (secondary N) is 1. The van der Waals surface area contributed by atoms with Crippen LogP contribution in [0.25, 0.3) is 0 Å². The third-order valence-electron chi connectivity index (χ3n) is 1.29. The van der Waals surface area contributed by atoms with Crippen LogP contribution in [-0.2, 0) is 4.84 Å². The van der Waals surface area contributed by atoms with Gasteiger partial charge in [-0.05, 0) is 26.8 Å². The summed E-state index contributed by atoms with van der Waals surface area (Å²) in [6, 6.07) is 1.91. The molecule has 0 saturated carbocycles. The minimum Gasteiger partial charge on any atom is -0.274 e. The number of hydrogen-bond acceptors (Lipinski definition) is 4. The van der Waals surface area contributed by atoms with Gasteiger partial charge in [-0.2, -0.15) is 0 Å². The maximum atomic E-state index is 4.95. The van der Waals surface area contributed by atoms with Crippen molar-refractivity contribution in [1.82, 2.24) is 9.97 Å². The molecule has 0 amide bonds. The first-order valence-electron chi connectivity index (χ1n) is 3.92. The zero-order chi connectivity index (χ0) is 8.97. The van der Waals surface area contributed by atoms with Gasteiger partial charge in [0.1, 0.15) is 0 Å². The van der Waals surface area contributed by atoms with E-state index in [1.165, 1.54) is 0 Å². The fourth-order valence-corrected chi connectivity index (χ4v) is 0.908. The standard InChI is InChI=1S/C8H13N3O/c1-4-12-11-8-9-6(2)5-7(3)10-8/h5H,4H2,1-3H3,(H,9,10,11). The van der Waals surface area contributed by atoms with Crippen molar-refractivity contribution in [3.05, 3.63) is 17.5 Å². The van der Waals surface area contributed by atoms with Crippen molar-refractivity contribution in [3.8, 4) is 0 Å². The van der Waals surface area contributed by atoms with E-state index in [9.17, 15) is 0 Å². The molecule has 0 atom stereocenters. The lowest BCUT2D eigenvalue weighted by Gasteiger charge is -2.04. The maximum Gasteiger partial charge on any atom is 0.247 e. The zero-order valence-electron chi connectivity index (χ0n) is 7.59. The van der Waals surface area contributed by atoms with Crippen molar-refractivity contribution in [2.24, 2.45) is 0 Å². The summed E-state index contributed by atoms with van der Waals surface area (Å²) in [4.78, 5) is 13.2. The lowest BCUT2D eigenvalue weighted by atomic mass is 10.4. The fourth-order valence-electron chi connectivity index (χ4n) is 0.908. The van der Waals surface area contributed by atoms with E-state index in [1.54, 1.807) is 0 Å². The average molecular weight is 167 g/mol. The number of anilines is 1. The molecular formula is C8H13N3O. The van der Waals surface area contributed by atoms with Crippen LogP contribution in [0.5, 0.6) is 0 Å². The summed E-state index contributed by atoms with van der Waals surface area (Å²) in [5.41, 5.74) is 4.52. The molecule has 0 aliphatic carbocycles. The largest absolute Gasteiger partial charge is 0.274 e. The normalized spacial score (nSPS) is 9.92. The number of rotatable bonds is 3. The summed E-state index contributed by atoms with van der Waals surface area (Å²) in [6.45, 7) is 6.34. The number of aromatic nitrogens is 2. The van der Waals surface area contributed by atoms with Crippen LogP contribution in [0.2, 0.25) is 0 Å². The van der Waals surface area contributed by atoms with Crippen LogP contribution in [0.1, 0.15) is 18.3 Å². The lowest BCUT2D eigenvalue weighted by molar-refractivity contribution is 0.207. The average Bonchev–Trinajstić information content (AvgIpc) is 1.99. The summed E-state index contributed by atoms with van der Waals surface area (Å²) in [7, 11) is 0. The molecule has 1 N–H and O–H groups in total. The summed E-state index contributed by atoms with van der Waals surface area (Å²) in [5.74, 6) is 0.523. The molecule has 1 aromatic heterocycles. The number of aryl methyl sites for hydroxylation is 2. The van der Waals surface area contributed by atoms with Crippen LogP contribution in [-0.4, -0.2) is 16.6 Å². The summed E-state index contributed by atoms with van der Waals surface area (Å²) in [6.07, 6.45) is 0. The maximum absolute atomic E-state index is 4.95. The van der Waals surface area contributed by atoms with Gasteiger partial charge in [0.25, 0.3) is 0 Å². The SMILES string of the molecule is CCONc1nc(C)cc(C)n1. The second-order valence-electron chi connectivity index (χ2n) is 2.51. The predicted octanol–water partition coefficient (Wildman–Crippen LogP) is 1.46. The summed E-state index contributed by atoms with van der Waals surface area (Å²) >= 11 is 0. The number of hydrogen-bond donors (Lipinski definition) is 1. The molecule has 1 heterocycles. The molecule has 12 heavy (non-hydrogen) atoms. The Morgan fingerprint density at radius 2 is 1.92 bits per heavy atom. The zero-order valence-corrected chi connectivity index (χ0v) is 7.59. The molecule has 0 spiro atoms. The second kappa shape index (κ2) is 4.01. The van der Waals surface area contributed by atoms with Gasteiger partial charge in [-0.1, -0.05) is 0 Å². The highest BCUT2D eigenvalue weighted by atomic mass is 16.6. The van der Waals surface area contributed by atoms with Crippen molar-refractivity contribution < 1.29 is 4.84 Å². The molecule has 0 radical (unpaired) electrons. The van der Waals surface area contributed by atoms with E-state index in [0.717, 1.165) is 11.4 Å². The Morgan fingerprint density at radius 1 is 1.33 bits per heavy atom. The second-order valence-corrected chi connectivity index (χ2v) is 2.51. The molecule has 0 unspecified atom stereocenters. The third-order valence-corrected chi connectivity index (χ3v) is 1.29. The Morgan fingerprint density at radius 3 is 2.42 bits per heavy atom. The predicted molar refractivity (Wildman–Crippen MR) is 46.8 cm³/mol. The van der Waals surface area contributed by atoms with E-state index in [-0.39, 0.29) is 0 Å². The van der Waals surface area contributed by atoms with Gasteiger partial charge in [0.15, 0.2) is 0 Å². The monoisotopic (exact) mass is 167 g/mol. The Bertz CT molecular complexity index is 242. The Balaban J connectivity index is 2.72. The van der Waals surface area contributed by atoms with Crippen molar-refractivity contribution in [2.45, 2.75) is 20.8 Å². The first kappa shape index (κ1) is 8.93. The highest BCUT2D eigenvalue weighted by Crippen LogP contribution is 2.02. The highest BCUT2D eigenvalue weighted by molar-refractivity contribution is 5.24. The van der Waals surface area contributed by atoms with E-state index in [1.807, 2.05) is 26.8 Å². The molecule has 0 bridgehead atoms. The Kier molecular flexibility index (Phi) is 2.99. The molecule has 1 aromatic rings. The first-order chi connectivity index (χ1) is 5.72. The smallest absolute Gasteiger partial charge is 0.247 e. The van der Waals surface area contributed by atoms with Crippen molar-refractivity contribution >= 4 is 5.95 Å². The van der Waals surface area contributed by atoms with Gasteiger partial charge in [-0.25, -0.2) is 15.4 Å². The molecule has 66 valence electrons. The molecule has 0 aromatic carbocycles. The molecule has 4 nitrogen and oxygen atoms in total. The molecular weight excluding hydrogens is 154 g/mol. The van der Waals surface area contributed by atoms with Gasteiger partial charge in [-0.3, -0.25) is 4.84 Å². The van der Waals surface area contributed by atoms with E-state index in [0.29, 0.717) is 12.6 Å². The van der Waals surface area contributed by atoms with E-state index >= 15 is 0 Å². The molecule has 0 saturated heterocycles. The molecule has 1 rings (SSSR count). The lowest BCUT2D eigenvalue weighted by Crippen LogP contribution is -2.05. The molecule has 4 heteroatoms. The van der Waals surface area contributed by atoms with Crippen LogP contribution >= 0.6 is 0 Å². The summed E-state index contributed by atoms with van der Waals surface area (Å²) in [5, 5.41) is 0. The fraction of sp³-hybridized carbons (Fsp3) is 0.500. The first-order valence-corrected chi connectivity index (χ1v) is 3.92. The Labute approximate surface area is 71.9 Å². The molecule has 0 aliphatic rings. The van der Waals surface area contributed by atoms with Crippen LogP contribution in [0.3, 0.4) is 0 Å². The molecule has 0 aliphatic heterocycles. The van der Waals surface area contributed by atoms with E-state index in [2.05, 4.69) is 15.4 Å². The van der Waals surface area contributed by atoms with E-state index in [4.69, 9.17) is 4.84 Å². The van der Waals surface area contributed by atoms with E-state index < -0.39 is 0 Å². The van der Waals surface area contributed by atoms with Crippen LogP contribution < -0.4 is 5.48 Å². The minimum atomic E-state index is 0.523. The van der Waals surface area contributed by atoms with Gasteiger partial charge in [-0.15, -0.1) is 0 Å². The third kappa shape index (κ3) is 2.47. The Hall–Kier alpha value is -1.16. The molecule has 0 fully saturated rings. The minimum absolute atomic E-state index is 0.523. The van der Waals surface area contributed by atoms with Gasteiger partial charge in [0, 0.05) is 11.4 Å². The van der Waals surface area contributed by atoms with Crippen LogP contribution in [0.15, 0.2) is 6.07 Å². The van der Waals surface area contributed by atoms with Crippen molar-refractivity contribution in [2.75, 3.05) is 12.1 Å². The summed E-state index contributed by atoms with van der Waals surface area (Å²) < 4.78 is 0. The van der Waals surface area contributed by atoms with Gasteiger partial charge >= 0.3 is 0 Å². The van der Waals surface area contributed by atoms with Crippen LogP contribution in [0.4, 0.5) is 5.95 Å². The number of nitrogens with zero attached hydrogens (tertiary/aromatic N) is 2. The highest BCUT2D eigenvalue weighted by Gasteiger charge is 1.96. The van der Waals surface area contributed by atoms with Gasteiger partial charge < -0.3 is 0 Å². The van der Waals surface area contributed by atoms with Crippen molar-refractivity contribution in [3.63, 3.8) is 0 Å². The van der Waals surface area contributed by atoms with Gasteiger partial charge in [0.2, 0.25) is 5.95 Å². The van der Waals surface area contributed by atoms with Gasteiger partial charge in [0.05, 0.1) is 6.61 Å². The van der Waals surface area contributed by atoms with Crippen molar-refractivity contribution in [1.29, 1.82) is 0 Å².